The van der Waals surface area contributed by atoms with Crippen molar-refractivity contribution in [2.45, 2.75) is 27.3 Å². The molecule has 0 saturated heterocycles. The molecule has 0 amide bonds. The first-order chi connectivity index (χ1) is 8.04. The highest BCUT2D eigenvalue weighted by molar-refractivity contribution is 5.71. The van der Waals surface area contributed by atoms with Crippen molar-refractivity contribution in [2.75, 3.05) is 5.73 Å². The van der Waals surface area contributed by atoms with Crippen molar-refractivity contribution < 1.29 is 4.39 Å². The van der Waals surface area contributed by atoms with Crippen molar-refractivity contribution in [3.05, 3.63) is 35.4 Å². The lowest BCUT2D eigenvalue weighted by Gasteiger charge is -2.04. The number of nitrogen functional groups attached to an aromatic ring is 1. The number of rotatable bonds is 2. The molecule has 2 rings (SSSR count). The minimum absolute atomic E-state index is 0.209. The second kappa shape index (κ2) is 4.20. The van der Waals surface area contributed by atoms with Gasteiger partial charge in [-0.05, 0) is 44.5 Å². The van der Waals surface area contributed by atoms with Crippen LogP contribution in [0.4, 0.5) is 10.2 Å². The van der Waals surface area contributed by atoms with Gasteiger partial charge in [0.25, 0.3) is 0 Å². The molecule has 1 aromatic heterocycles. The van der Waals surface area contributed by atoms with Gasteiger partial charge in [0, 0.05) is 12.1 Å². The molecule has 0 unspecified atom stereocenters. The lowest BCUT2D eigenvalue weighted by Crippen LogP contribution is -2.02. The van der Waals surface area contributed by atoms with E-state index in [9.17, 15) is 4.39 Å². The van der Waals surface area contributed by atoms with Crippen molar-refractivity contribution >= 4 is 5.82 Å². The summed E-state index contributed by atoms with van der Waals surface area (Å²) in [5, 5.41) is 0. The second-order valence-corrected chi connectivity index (χ2v) is 4.10. The van der Waals surface area contributed by atoms with Crippen LogP contribution in [-0.2, 0) is 6.54 Å². The molecule has 2 aromatic rings. The number of hydrogen-bond donors (Lipinski definition) is 1. The van der Waals surface area contributed by atoms with Crippen LogP contribution < -0.4 is 5.73 Å². The molecule has 3 nitrogen and oxygen atoms in total. The SMILES string of the molecule is CCn1c(C)nc(-c2ccc(F)c(C)c2)c1N. The van der Waals surface area contributed by atoms with Gasteiger partial charge in [-0.3, -0.25) is 0 Å². The molecular formula is C13H16FN3. The van der Waals surface area contributed by atoms with Gasteiger partial charge in [0.2, 0.25) is 0 Å². The first-order valence-corrected chi connectivity index (χ1v) is 5.63. The van der Waals surface area contributed by atoms with Gasteiger partial charge >= 0.3 is 0 Å². The van der Waals surface area contributed by atoms with Gasteiger partial charge in [-0.25, -0.2) is 9.37 Å². The highest BCUT2D eigenvalue weighted by Gasteiger charge is 2.13. The van der Waals surface area contributed by atoms with Crippen LogP contribution in [0, 0.1) is 19.7 Å². The molecule has 0 aliphatic heterocycles. The molecule has 2 N–H and O–H groups in total. The summed E-state index contributed by atoms with van der Waals surface area (Å²) in [6, 6.07) is 4.93. The number of nitrogens with zero attached hydrogens (tertiary/aromatic N) is 2. The van der Waals surface area contributed by atoms with E-state index in [1.807, 2.05) is 18.4 Å². The number of aromatic nitrogens is 2. The minimum Gasteiger partial charge on any atom is -0.383 e. The van der Waals surface area contributed by atoms with Crippen LogP contribution >= 0.6 is 0 Å². The Balaban J connectivity index is 2.57. The summed E-state index contributed by atoms with van der Waals surface area (Å²) in [6.07, 6.45) is 0. The van der Waals surface area contributed by atoms with Gasteiger partial charge in [0.1, 0.15) is 23.2 Å². The van der Waals surface area contributed by atoms with E-state index in [1.54, 1.807) is 19.1 Å². The van der Waals surface area contributed by atoms with E-state index in [0.29, 0.717) is 11.4 Å². The minimum atomic E-state index is -0.209. The Labute approximate surface area is 100 Å². The Kier molecular flexibility index (Phi) is 2.88. The van der Waals surface area contributed by atoms with Crippen LogP contribution in [0.1, 0.15) is 18.3 Å². The van der Waals surface area contributed by atoms with Crippen LogP contribution in [0.15, 0.2) is 18.2 Å². The van der Waals surface area contributed by atoms with E-state index < -0.39 is 0 Å². The van der Waals surface area contributed by atoms with Gasteiger partial charge in [-0.15, -0.1) is 0 Å². The zero-order valence-electron chi connectivity index (χ0n) is 10.3. The summed E-state index contributed by atoms with van der Waals surface area (Å²) in [5.74, 6) is 1.30. The number of imidazole rings is 1. The molecular weight excluding hydrogens is 217 g/mol. The Bertz CT molecular complexity index is 558. The Hall–Kier alpha value is -1.84. The maximum absolute atomic E-state index is 13.2. The molecule has 0 radical (unpaired) electrons. The highest BCUT2D eigenvalue weighted by Crippen LogP contribution is 2.27. The second-order valence-electron chi connectivity index (χ2n) is 4.10. The van der Waals surface area contributed by atoms with Crippen molar-refractivity contribution in [2.24, 2.45) is 0 Å². The molecule has 0 spiro atoms. The normalized spacial score (nSPS) is 10.8. The van der Waals surface area contributed by atoms with Crippen molar-refractivity contribution in [3.8, 4) is 11.3 Å². The molecule has 0 aliphatic rings. The van der Waals surface area contributed by atoms with Crippen molar-refractivity contribution in [1.29, 1.82) is 0 Å². The quantitative estimate of drug-likeness (QED) is 0.866. The zero-order valence-corrected chi connectivity index (χ0v) is 10.3. The predicted octanol–water partition coefficient (Wildman–Crippen LogP) is 2.91. The van der Waals surface area contributed by atoms with E-state index in [-0.39, 0.29) is 5.82 Å². The summed E-state index contributed by atoms with van der Waals surface area (Å²) < 4.78 is 15.1. The average molecular weight is 233 g/mol. The van der Waals surface area contributed by atoms with Crippen molar-refractivity contribution in [1.82, 2.24) is 9.55 Å². The number of nitrogens with two attached hydrogens (primary N) is 1. The first-order valence-electron chi connectivity index (χ1n) is 5.63. The lowest BCUT2D eigenvalue weighted by atomic mass is 10.1. The fraction of sp³-hybridized carbons (Fsp3) is 0.308. The average Bonchev–Trinajstić information content (AvgIpc) is 2.58. The van der Waals surface area contributed by atoms with E-state index in [0.717, 1.165) is 23.6 Å². The third kappa shape index (κ3) is 1.90. The Morgan fingerprint density at radius 3 is 2.59 bits per heavy atom. The van der Waals surface area contributed by atoms with E-state index in [4.69, 9.17) is 5.73 Å². The predicted molar refractivity (Wildman–Crippen MR) is 67.2 cm³/mol. The fourth-order valence-corrected chi connectivity index (χ4v) is 1.99. The van der Waals surface area contributed by atoms with Gasteiger partial charge in [0.15, 0.2) is 0 Å². The lowest BCUT2D eigenvalue weighted by molar-refractivity contribution is 0.619. The van der Waals surface area contributed by atoms with Crippen LogP contribution in [0.5, 0.6) is 0 Å². The molecule has 1 heterocycles. The molecule has 17 heavy (non-hydrogen) atoms. The largest absolute Gasteiger partial charge is 0.383 e. The van der Waals surface area contributed by atoms with Gasteiger partial charge in [0.05, 0.1) is 0 Å². The summed E-state index contributed by atoms with van der Waals surface area (Å²) in [5.41, 5.74) is 8.23. The van der Waals surface area contributed by atoms with Gasteiger partial charge in [-0.1, -0.05) is 0 Å². The van der Waals surface area contributed by atoms with E-state index in [1.165, 1.54) is 6.07 Å². The maximum atomic E-state index is 13.2. The molecule has 0 aliphatic carbocycles. The zero-order chi connectivity index (χ0) is 12.6. The summed E-state index contributed by atoms with van der Waals surface area (Å²) >= 11 is 0. The molecule has 1 aromatic carbocycles. The van der Waals surface area contributed by atoms with Gasteiger partial charge in [-0.2, -0.15) is 0 Å². The number of anilines is 1. The van der Waals surface area contributed by atoms with Crippen LogP contribution in [0.25, 0.3) is 11.3 Å². The van der Waals surface area contributed by atoms with Gasteiger partial charge < -0.3 is 10.3 Å². The molecule has 0 bridgehead atoms. The first kappa shape index (κ1) is 11.6. The Morgan fingerprint density at radius 2 is 2.06 bits per heavy atom. The third-order valence-corrected chi connectivity index (χ3v) is 2.95. The van der Waals surface area contributed by atoms with E-state index in [2.05, 4.69) is 4.98 Å². The summed E-state index contributed by atoms with van der Waals surface area (Å²) in [4.78, 5) is 4.44. The number of halogens is 1. The topological polar surface area (TPSA) is 43.8 Å². The molecule has 0 atom stereocenters. The molecule has 0 saturated carbocycles. The number of hydrogen-bond acceptors (Lipinski definition) is 2. The number of aryl methyl sites for hydroxylation is 2. The Morgan fingerprint density at radius 1 is 1.35 bits per heavy atom. The van der Waals surface area contributed by atoms with Crippen molar-refractivity contribution in [3.63, 3.8) is 0 Å². The van der Waals surface area contributed by atoms with Crippen LogP contribution in [0.3, 0.4) is 0 Å². The molecule has 90 valence electrons. The molecule has 0 fully saturated rings. The highest BCUT2D eigenvalue weighted by atomic mass is 19.1. The van der Waals surface area contributed by atoms with Crippen LogP contribution in [-0.4, -0.2) is 9.55 Å². The maximum Gasteiger partial charge on any atom is 0.131 e. The molecule has 4 heteroatoms. The monoisotopic (exact) mass is 233 g/mol. The van der Waals surface area contributed by atoms with E-state index >= 15 is 0 Å². The number of benzene rings is 1. The summed E-state index contributed by atoms with van der Waals surface area (Å²) in [7, 11) is 0. The third-order valence-electron chi connectivity index (χ3n) is 2.95. The van der Waals surface area contributed by atoms with Crippen LogP contribution in [0.2, 0.25) is 0 Å². The smallest absolute Gasteiger partial charge is 0.131 e. The standard InChI is InChI=1S/C13H16FN3/c1-4-17-9(3)16-12(13(17)15)10-5-6-11(14)8(2)7-10/h5-7H,4,15H2,1-3H3. The summed E-state index contributed by atoms with van der Waals surface area (Å²) in [6.45, 7) is 6.45. The fourth-order valence-electron chi connectivity index (χ4n) is 1.99.